The molecule has 1 aliphatic carbocycles. The zero-order valence-electron chi connectivity index (χ0n) is 10.6. The molecule has 0 amide bonds. The maximum absolute atomic E-state index is 5.58. The Hall–Kier alpha value is -1.16. The summed E-state index contributed by atoms with van der Waals surface area (Å²) in [5, 5.41) is 0. The van der Waals surface area contributed by atoms with E-state index in [1.54, 1.807) is 6.20 Å². The average molecular weight is 234 g/mol. The van der Waals surface area contributed by atoms with Gasteiger partial charge in [0.15, 0.2) is 0 Å². The highest BCUT2D eigenvalue weighted by Gasteiger charge is 2.15. The van der Waals surface area contributed by atoms with E-state index in [4.69, 9.17) is 5.73 Å². The first-order chi connectivity index (χ1) is 8.24. The summed E-state index contributed by atoms with van der Waals surface area (Å²) in [6.07, 6.45) is 8.72. The third-order valence-corrected chi connectivity index (χ3v) is 3.46. The first-order valence-corrected chi connectivity index (χ1v) is 6.50. The van der Waals surface area contributed by atoms with Gasteiger partial charge in [-0.2, -0.15) is 0 Å². The summed E-state index contributed by atoms with van der Waals surface area (Å²) in [4.78, 5) is 10.5. The zero-order valence-corrected chi connectivity index (χ0v) is 10.6. The minimum atomic E-state index is 0.369. The fourth-order valence-electron chi connectivity index (χ4n) is 2.65. The average Bonchev–Trinajstić information content (AvgIpc) is 2.30. The largest absolute Gasteiger partial charge is 0.368 e. The number of nitrogens with zero attached hydrogens (tertiary/aromatic N) is 3. The van der Waals surface area contributed by atoms with Crippen molar-refractivity contribution in [2.75, 3.05) is 19.3 Å². The van der Waals surface area contributed by atoms with Crippen molar-refractivity contribution >= 4 is 5.95 Å². The normalized spacial score (nSPS) is 17.5. The maximum atomic E-state index is 5.58. The van der Waals surface area contributed by atoms with Crippen LogP contribution in [0.15, 0.2) is 12.3 Å². The van der Waals surface area contributed by atoms with Crippen LogP contribution in [0.2, 0.25) is 0 Å². The predicted octanol–water partition coefficient (Wildman–Crippen LogP) is 2.07. The molecule has 1 aliphatic rings. The molecule has 17 heavy (non-hydrogen) atoms. The molecule has 1 fully saturated rings. The highest BCUT2D eigenvalue weighted by atomic mass is 15.1. The number of aromatic nitrogens is 2. The molecular formula is C13H22N4. The Labute approximate surface area is 103 Å². The lowest BCUT2D eigenvalue weighted by molar-refractivity contribution is 0.226. The highest BCUT2D eigenvalue weighted by molar-refractivity contribution is 5.16. The van der Waals surface area contributed by atoms with Crippen LogP contribution in [0.3, 0.4) is 0 Å². The number of anilines is 1. The van der Waals surface area contributed by atoms with Crippen LogP contribution in [0.4, 0.5) is 5.95 Å². The molecule has 4 nitrogen and oxygen atoms in total. The second kappa shape index (κ2) is 5.96. The number of hydrogen-bond acceptors (Lipinski definition) is 4. The van der Waals surface area contributed by atoms with Crippen molar-refractivity contribution in [1.82, 2.24) is 14.9 Å². The molecule has 0 saturated heterocycles. The van der Waals surface area contributed by atoms with Crippen LogP contribution in [0.5, 0.6) is 0 Å². The lowest BCUT2D eigenvalue weighted by atomic mass is 9.89. The SMILES string of the molecule is CN(Cc1ccnc(N)n1)CC1CCCCC1. The summed E-state index contributed by atoms with van der Waals surface area (Å²) in [5.41, 5.74) is 6.59. The fraction of sp³-hybridized carbons (Fsp3) is 0.692. The van der Waals surface area contributed by atoms with Gasteiger partial charge in [-0.15, -0.1) is 0 Å². The number of nitrogens with two attached hydrogens (primary N) is 1. The van der Waals surface area contributed by atoms with E-state index in [2.05, 4.69) is 21.9 Å². The molecule has 1 heterocycles. The van der Waals surface area contributed by atoms with Gasteiger partial charge < -0.3 is 10.6 Å². The van der Waals surface area contributed by atoms with E-state index >= 15 is 0 Å². The van der Waals surface area contributed by atoms with Crippen molar-refractivity contribution in [3.8, 4) is 0 Å². The van der Waals surface area contributed by atoms with Gasteiger partial charge in [0.05, 0.1) is 5.69 Å². The van der Waals surface area contributed by atoms with Crippen LogP contribution in [-0.2, 0) is 6.54 Å². The Morgan fingerprint density at radius 2 is 2.12 bits per heavy atom. The van der Waals surface area contributed by atoms with Crippen LogP contribution in [-0.4, -0.2) is 28.5 Å². The first kappa shape index (κ1) is 12.3. The smallest absolute Gasteiger partial charge is 0.220 e. The number of rotatable bonds is 4. The molecule has 0 aliphatic heterocycles. The van der Waals surface area contributed by atoms with E-state index in [1.807, 2.05) is 6.07 Å². The fourth-order valence-corrected chi connectivity index (χ4v) is 2.65. The van der Waals surface area contributed by atoms with Crippen LogP contribution in [0, 0.1) is 5.92 Å². The van der Waals surface area contributed by atoms with Gasteiger partial charge in [-0.1, -0.05) is 19.3 Å². The van der Waals surface area contributed by atoms with Crippen molar-refractivity contribution in [2.24, 2.45) is 5.92 Å². The molecule has 1 saturated carbocycles. The summed E-state index contributed by atoms with van der Waals surface area (Å²) in [6.45, 7) is 2.03. The third-order valence-electron chi connectivity index (χ3n) is 3.46. The Morgan fingerprint density at radius 3 is 2.82 bits per heavy atom. The summed E-state index contributed by atoms with van der Waals surface area (Å²) >= 11 is 0. The Bertz CT molecular complexity index is 347. The van der Waals surface area contributed by atoms with Gasteiger partial charge in [-0.25, -0.2) is 9.97 Å². The topological polar surface area (TPSA) is 55.0 Å². The molecule has 0 unspecified atom stereocenters. The van der Waals surface area contributed by atoms with E-state index in [1.165, 1.54) is 38.6 Å². The highest BCUT2D eigenvalue weighted by Crippen LogP contribution is 2.24. The van der Waals surface area contributed by atoms with Gasteiger partial charge in [0, 0.05) is 19.3 Å². The quantitative estimate of drug-likeness (QED) is 0.866. The molecule has 1 aromatic rings. The van der Waals surface area contributed by atoms with Gasteiger partial charge in [0.25, 0.3) is 0 Å². The van der Waals surface area contributed by atoms with Gasteiger partial charge >= 0.3 is 0 Å². The molecule has 0 atom stereocenters. The van der Waals surface area contributed by atoms with Gasteiger partial charge in [-0.3, -0.25) is 0 Å². The van der Waals surface area contributed by atoms with Gasteiger partial charge in [0.1, 0.15) is 0 Å². The van der Waals surface area contributed by atoms with E-state index in [0.29, 0.717) is 5.95 Å². The van der Waals surface area contributed by atoms with Crippen molar-refractivity contribution in [3.63, 3.8) is 0 Å². The molecule has 0 bridgehead atoms. The zero-order chi connectivity index (χ0) is 12.1. The van der Waals surface area contributed by atoms with Gasteiger partial charge in [-0.05, 0) is 31.9 Å². The van der Waals surface area contributed by atoms with Gasteiger partial charge in [0.2, 0.25) is 5.95 Å². The molecular weight excluding hydrogens is 212 g/mol. The molecule has 4 heteroatoms. The van der Waals surface area contributed by atoms with Crippen molar-refractivity contribution in [2.45, 2.75) is 38.6 Å². The van der Waals surface area contributed by atoms with E-state index in [0.717, 1.165) is 18.2 Å². The van der Waals surface area contributed by atoms with E-state index in [-0.39, 0.29) is 0 Å². The lowest BCUT2D eigenvalue weighted by Gasteiger charge is -2.26. The Kier molecular flexibility index (Phi) is 4.31. The molecule has 2 N–H and O–H groups in total. The molecule has 94 valence electrons. The van der Waals surface area contributed by atoms with Crippen LogP contribution in [0.1, 0.15) is 37.8 Å². The third kappa shape index (κ3) is 3.97. The minimum absolute atomic E-state index is 0.369. The number of hydrogen-bond donors (Lipinski definition) is 1. The summed E-state index contributed by atoms with van der Waals surface area (Å²) < 4.78 is 0. The van der Waals surface area contributed by atoms with Crippen molar-refractivity contribution < 1.29 is 0 Å². The molecule has 0 radical (unpaired) electrons. The van der Waals surface area contributed by atoms with Crippen LogP contribution in [0.25, 0.3) is 0 Å². The maximum Gasteiger partial charge on any atom is 0.220 e. The lowest BCUT2D eigenvalue weighted by Crippen LogP contribution is -2.27. The molecule has 2 rings (SSSR count). The summed E-state index contributed by atoms with van der Waals surface area (Å²) in [6, 6.07) is 1.94. The first-order valence-electron chi connectivity index (χ1n) is 6.50. The second-order valence-electron chi connectivity index (χ2n) is 5.11. The van der Waals surface area contributed by atoms with Crippen molar-refractivity contribution in [1.29, 1.82) is 0 Å². The predicted molar refractivity (Wildman–Crippen MR) is 69.4 cm³/mol. The van der Waals surface area contributed by atoms with Crippen LogP contribution < -0.4 is 5.73 Å². The summed E-state index contributed by atoms with van der Waals surface area (Å²) in [7, 11) is 2.16. The van der Waals surface area contributed by atoms with E-state index in [9.17, 15) is 0 Å². The minimum Gasteiger partial charge on any atom is -0.368 e. The molecule has 0 spiro atoms. The van der Waals surface area contributed by atoms with E-state index < -0.39 is 0 Å². The summed E-state index contributed by atoms with van der Waals surface area (Å²) in [5.74, 6) is 1.24. The molecule has 0 aromatic carbocycles. The Balaban J connectivity index is 1.82. The van der Waals surface area contributed by atoms with Crippen LogP contribution >= 0.6 is 0 Å². The molecule has 1 aromatic heterocycles. The monoisotopic (exact) mass is 234 g/mol. The second-order valence-corrected chi connectivity index (χ2v) is 5.11. The Morgan fingerprint density at radius 1 is 1.35 bits per heavy atom. The standard InChI is InChI=1S/C13H22N4/c1-17(9-11-5-3-2-4-6-11)10-12-7-8-15-13(14)16-12/h7-8,11H,2-6,9-10H2,1H3,(H2,14,15,16). The number of nitrogen functional groups attached to an aromatic ring is 1. The van der Waals surface area contributed by atoms with Crippen molar-refractivity contribution in [3.05, 3.63) is 18.0 Å².